The minimum atomic E-state index is 0.0540. The maximum absolute atomic E-state index is 13.1. The summed E-state index contributed by atoms with van der Waals surface area (Å²) in [6, 6.07) is 14.0. The van der Waals surface area contributed by atoms with Crippen molar-refractivity contribution >= 4 is 21.8 Å². The third-order valence-corrected chi connectivity index (χ3v) is 6.23. The number of nitrogens with zero attached hydrogens (tertiary/aromatic N) is 2. The van der Waals surface area contributed by atoms with Crippen LogP contribution >= 0.6 is 15.9 Å². The average molecular weight is 429 g/mol. The summed E-state index contributed by atoms with van der Waals surface area (Å²) in [5, 5.41) is 10.1. The zero-order chi connectivity index (χ0) is 18.8. The molecule has 0 bridgehead atoms. The molecule has 1 atom stereocenters. The molecule has 0 aliphatic carbocycles. The molecule has 1 amide bonds. The average Bonchev–Trinajstić information content (AvgIpc) is 2.70. The zero-order valence-corrected chi connectivity index (χ0v) is 17.0. The smallest absolute Gasteiger partial charge is 0.227 e. The second kappa shape index (κ2) is 8.03. The molecule has 0 unspecified atom stereocenters. The molecule has 27 heavy (non-hydrogen) atoms. The van der Waals surface area contributed by atoms with Gasteiger partial charge >= 0.3 is 0 Å². The summed E-state index contributed by atoms with van der Waals surface area (Å²) in [5.41, 5.74) is 3.56. The quantitative estimate of drug-likeness (QED) is 0.804. The van der Waals surface area contributed by atoms with Crippen molar-refractivity contribution in [2.24, 2.45) is 5.92 Å². The number of aromatic hydroxyl groups is 1. The van der Waals surface area contributed by atoms with Crippen LogP contribution in [-0.2, 0) is 24.3 Å². The van der Waals surface area contributed by atoms with Crippen LogP contribution in [0.3, 0.4) is 0 Å². The number of hydrogen-bond acceptors (Lipinski definition) is 3. The van der Waals surface area contributed by atoms with Gasteiger partial charge in [0.2, 0.25) is 5.91 Å². The van der Waals surface area contributed by atoms with Gasteiger partial charge in [0.15, 0.2) is 0 Å². The Balaban J connectivity index is 1.41. The molecule has 2 aromatic carbocycles. The number of carbonyl (C=O) groups excluding carboxylic acids is 1. The van der Waals surface area contributed by atoms with E-state index in [-0.39, 0.29) is 11.8 Å². The molecule has 0 saturated carbocycles. The van der Waals surface area contributed by atoms with Gasteiger partial charge in [0.1, 0.15) is 5.75 Å². The van der Waals surface area contributed by atoms with E-state index in [1.54, 1.807) is 6.07 Å². The molecule has 142 valence electrons. The van der Waals surface area contributed by atoms with Gasteiger partial charge in [-0.05, 0) is 55.1 Å². The molecule has 0 radical (unpaired) electrons. The minimum Gasteiger partial charge on any atom is -0.508 e. The van der Waals surface area contributed by atoms with Gasteiger partial charge < -0.3 is 10.0 Å². The zero-order valence-electron chi connectivity index (χ0n) is 15.4. The van der Waals surface area contributed by atoms with Gasteiger partial charge in [0.05, 0.1) is 5.92 Å². The Morgan fingerprint density at radius 3 is 2.81 bits per heavy atom. The van der Waals surface area contributed by atoms with Crippen molar-refractivity contribution in [2.75, 3.05) is 19.6 Å². The fraction of sp³-hybridized carbons (Fsp3) is 0.409. The van der Waals surface area contributed by atoms with Crippen LogP contribution in [0.2, 0.25) is 0 Å². The molecule has 2 aliphatic rings. The largest absolute Gasteiger partial charge is 0.508 e. The van der Waals surface area contributed by atoms with Crippen LogP contribution in [0.5, 0.6) is 5.75 Å². The van der Waals surface area contributed by atoms with Crippen LogP contribution in [0.1, 0.15) is 29.5 Å². The van der Waals surface area contributed by atoms with E-state index >= 15 is 0 Å². The predicted molar refractivity (Wildman–Crippen MR) is 109 cm³/mol. The first kappa shape index (κ1) is 18.5. The van der Waals surface area contributed by atoms with Gasteiger partial charge in [-0.2, -0.15) is 0 Å². The lowest BCUT2D eigenvalue weighted by Crippen LogP contribution is -2.46. The number of likely N-dealkylation sites (tertiary alicyclic amines) is 1. The SMILES string of the molecule is O=C([C@@H]1CCCN(Cc2cc(Br)ccc2O)C1)N1CCc2ccccc2C1. The Morgan fingerprint density at radius 1 is 1.15 bits per heavy atom. The monoisotopic (exact) mass is 428 g/mol. The molecule has 4 rings (SSSR count). The highest BCUT2D eigenvalue weighted by molar-refractivity contribution is 9.10. The lowest BCUT2D eigenvalue weighted by Gasteiger charge is -2.36. The van der Waals surface area contributed by atoms with Crippen molar-refractivity contribution in [1.82, 2.24) is 9.80 Å². The molecule has 2 aromatic rings. The summed E-state index contributed by atoms with van der Waals surface area (Å²) in [6.45, 7) is 3.97. The van der Waals surface area contributed by atoms with E-state index in [1.165, 1.54) is 11.1 Å². The van der Waals surface area contributed by atoms with Crippen LogP contribution < -0.4 is 0 Å². The maximum atomic E-state index is 13.1. The van der Waals surface area contributed by atoms with Crippen LogP contribution in [0.4, 0.5) is 0 Å². The van der Waals surface area contributed by atoms with E-state index in [2.05, 4.69) is 45.1 Å². The summed E-state index contributed by atoms with van der Waals surface area (Å²) in [5.74, 6) is 0.658. The molecular weight excluding hydrogens is 404 g/mol. The second-order valence-corrected chi connectivity index (χ2v) is 8.54. The van der Waals surface area contributed by atoms with Crippen molar-refractivity contribution in [2.45, 2.75) is 32.4 Å². The van der Waals surface area contributed by atoms with Crippen molar-refractivity contribution in [3.8, 4) is 5.75 Å². The van der Waals surface area contributed by atoms with E-state index < -0.39 is 0 Å². The van der Waals surface area contributed by atoms with E-state index in [1.807, 2.05) is 17.0 Å². The highest BCUT2D eigenvalue weighted by atomic mass is 79.9. The van der Waals surface area contributed by atoms with Crippen LogP contribution in [0.25, 0.3) is 0 Å². The highest BCUT2D eigenvalue weighted by Crippen LogP contribution is 2.27. The number of hydrogen-bond donors (Lipinski definition) is 1. The van der Waals surface area contributed by atoms with Crippen LogP contribution in [0.15, 0.2) is 46.9 Å². The Labute approximate surface area is 168 Å². The fourth-order valence-electron chi connectivity index (χ4n) is 4.26. The number of piperidine rings is 1. The Kier molecular flexibility index (Phi) is 5.50. The standard InChI is InChI=1S/C22H25BrN2O2/c23-20-7-8-21(26)19(12-20)14-24-10-3-6-18(13-24)22(27)25-11-9-16-4-1-2-5-17(16)15-25/h1-2,4-5,7-8,12,18,26H,3,6,9-11,13-15H2/t18-/m1/s1. The number of phenols is 1. The molecule has 5 heteroatoms. The fourth-order valence-corrected chi connectivity index (χ4v) is 4.67. The normalized spacial score (nSPS) is 20.3. The molecule has 4 nitrogen and oxygen atoms in total. The second-order valence-electron chi connectivity index (χ2n) is 7.63. The molecule has 1 N–H and O–H groups in total. The van der Waals surface area contributed by atoms with Crippen LogP contribution in [0, 0.1) is 5.92 Å². The summed E-state index contributed by atoms with van der Waals surface area (Å²) < 4.78 is 0.965. The third kappa shape index (κ3) is 4.19. The van der Waals surface area contributed by atoms with Gasteiger partial charge in [-0.25, -0.2) is 0 Å². The Bertz CT molecular complexity index is 839. The van der Waals surface area contributed by atoms with Crippen LogP contribution in [-0.4, -0.2) is 40.4 Å². The van der Waals surface area contributed by atoms with Gasteiger partial charge in [-0.15, -0.1) is 0 Å². The van der Waals surface area contributed by atoms with E-state index in [4.69, 9.17) is 0 Å². The van der Waals surface area contributed by atoms with E-state index in [0.29, 0.717) is 12.3 Å². The minimum absolute atomic E-state index is 0.0540. The lowest BCUT2D eigenvalue weighted by atomic mass is 9.93. The number of halogens is 1. The molecule has 1 fully saturated rings. The van der Waals surface area contributed by atoms with Crippen molar-refractivity contribution in [3.05, 3.63) is 63.6 Å². The number of phenolic OH excluding ortho intramolecular Hbond substituents is 1. The number of rotatable bonds is 3. The number of benzene rings is 2. The summed E-state index contributed by atoms with van der Waals surface area (Å²) in [7, 11) is 0. The molecular formula is C22H25BrN2O2. The Morgan fingerprint density at radius 2 is 1.96 bits per heavy atom. The molecule has 0 spiro atoms. The molecule has 0 aromatic heterocycles. The van der Waals surface area contributed by atoms with Crippen molar-refractivity contribution < 1.29 is 9.90 Å². The highest BCUT2D eigenvalue weighted by Gasteiger charge is 2.31. The molecule has 1 saturated heterocycles. The van der Waals surface area contributed by atoms with Gasteiger partial charge in [0.25, 0.3) is 0 Å². The third-order valence-electron chi connectivity index (χ3n) is 5.73. The number of fused-ring (bicyclic) bond motifs is 1. The maximum Gasteiger partial charge on any atom is 0.227 e. The number of carbonyl (C=O) groups is 1. The first-order chi connectivity index (χ1) is 13.1. The molecule has 2 aliphatic heterocycles. The van der Waals surface area contributed by atoms with Gasteiger partial charge in [-0.3, -0.25) is 9.69 Å². The van der Waals surface area contributed by atoms with Gasteiger partial charge in [-0.1, -0.05) is 40.2 Å². The van der Waals surface area contributed by atoms with Crippen molar-refractivity contribution in [3.63, 3.8) is 0 Å². The topological polar surface area (TPSA) is 43.8 Å². The lowest BCUT2D eigenvalue weighted by molar-refractivity contribution is -0.138. The van der Waals surface area contributed by atoms with E-state index in [9.17, 15) is 9.90 Å². The summed E-state index contributed by atoms with van der Waals surface area (Å²) >= 11 is 3.47. The first-order valence-electron chi connectivity index (χ1n) is 9.65. The van der Waals surface area contributed by atoms with E-state index in [0.717, 1.165) is 55.5 Å². The summed E-state index contributed by atoms with van der Waals surface area (Å²) in [6.07, 6.45) is 2.93. The molecule has 2 heterocycles. The van der Waals surface area contributed by atoms with Crippen molar-refractivity contribution in [1.29, 1.82) is 0 Å². The van der Waals surface area contributed by atoms with Gasteiger partial charge in [0, 0.05) is 36.2 Å². The first-order valence-corrected chi connectivity index (χ1v) is 10.4. The number of amides is 1. The summed E-state index contributed by atoms with van der Waals surface area (Å²) in [4.78, 5) is 17.5. The Hall–Kier alpha value is -1.85. The predicted octanol–water partition coefficient (Wildman–Crippen LogP) is 3.95.